The number of hydrogen-bond acceptors (Lipinski definition) is 6. The molecule has 0 aliphatic carbocycles. The maximum atomic E-state index is 12.3. The number of rotatable bonds is 4. The molecule has 3 aromatic heterocycles. The van der Waals surface area contributed by atoms with Crippen LogP contribution in [0.2, 0.25) is 0 Å². The third-order valence-corrected chi connectivity index (χ3v) is 4.42. The van der Waals surface area contributed by atoms with E-state index in [0.29, 0.717) is 18.1 Å². The molecule has 1 atom stereocenters. The smallest absolute Gasteiger partial charge is 0.254 e. The van der Waals surface area contributed by atoms with Crippen molar-refractivity contribution >= 4 is 11.9 Å². The van der Waals surface area contributed by atoms with Gasteiger partial charge in [0.1, 0.15) is 0 Å². The highest BCUT2D eigenvalue weighted by molar-refractivity contribution is 5.93. The van der Waals surface area contributed by atoms with Crippen LogP contribution in [0, 0.1) is 0 Å². The SMILES string of the molecule is Cn1cc(C(=O)NC2CCN(c3nccc(-c4cnn(C)c4)n3)C2)cn1. The van der Waals surface area contributed by atoms with Gasteiger partial charge in [0.15, 0.2) is 0 Å². The number of carbonyl (C=O) groups is 1. The van der Waals surface area contributed by atoms with Crippen molar-refractivity contribution in [1.29, 1.82) is 0 Å². The van der Waals surface area contributed by atoms with E-state index in [-0.39, 0.29) is 11.9 Å². The molecule has 9 nitrogen and oxygen atoms in total. The molecule has 134 valence electrons. The van der Waals surface area contributed by atoms with Gasteiger partial charge in [-0.15, -0.1) is 0 Å². The van der Waals surface area contributed by atoms with Crippen molar-refractivity contribution < 1.29 is 4.79 Å². The van der Waals surface area contributed by atoms with E-state index in [1.807, 2.05) is 19.3 Å². The number of carbonyl (C=O) groups excluding carboxylic acids is 1. The van der Waals surface area contributed by atoms with Crippen LogP contribution in [-0.2, 0) is 14.1 Å². The Morgan fingerprint density at radius 3 is 2.73 bits per heavy atom. The summed E-state index contributed by atoms with van der Waals surface area (Å²) in [5.41, 5.74) is 2.36. The molecular formula is C17H20N8O. The van der Waals surface area contributed by atoms with E-state index in [1.165, 1.54) is 0 Å². The largest absolute Gasteiger partial charge is 0.347 e. The van der Waals surface area contributed by atoms with Crippen LogP contribution in [0.25, 0.3) is 11.3 Å². The zero-order valence-corrected chi connectivity index (χ0v) is 14.7. The van der Waals surface area contributed by atoms with Crippen molar-refractivity contribution in [3.63, 3.8) is 0 Å². The summed E-state index contributed by atoms with van der Waals surface area (Å²) in [7, 11) is 3.67. The van der Waals surface area contributed by atoms with Gasteiger partial charge < -0.3 is 10.2 Å². The Hall–Kier alpha value is -3.23. The number of hydrogen-bond donors (Lipinski definition) is 1. The van der Waals surface area contributed by atoms with E-state index < -0.39 is 0 Å². The van der Waals surface area contributed by atoms with E-state index in [4.69, 9.17) is 0 Å². The zero-order valence-electron chi connectivity index (χ0n) is 14.7. The molecule has 0 aromatic carbocycles. The normalized spacial score (nSPS) is 16.8. The number of amides is 1. The summed E-state index contributed by atoms with van der Waals surface area (Å²) in [5, 5.41) is 11.3. The van der Waals surface area contributed by atoms with Crippen molar-refractivity contribution in [1.82, 2.24) is 34.8 Å². The summed E-state index contributed by atoms with van der Waals surface area (Å²) in [5.74, 6) is 0.569. The molecular weight excluding hydrogens is 332 g/mol. The molecule has 26 heavy (non-hydrogen) atoms. The fourth-order valence-corrected chi connectivity index (χ4v) is 3.08. The lowest BCUT2D eigenvalue weighted by molar-refractivity contribution is 0.0940. The summed E-state index contributed by atoms with van der Waals surface area (Å²) >= 11 is 0. The van der Waals surface area contributed by atoms with Crippen molar-refractivity contribution in [2.75, 3.05) is 18.0 Å². The monoisotopic (exact) mass is 352 g/mol. The highest BCUT2D eigenvalue weighted by Crippen LogP contribution is 2.21. The Morgan fingerprint density at radius 2 is 2.00 bits per heavy atom. The third-order valence-electron chi connectivity index (χ3n) is 4.42. The molecule has 4 heterocycles. The van der Waals surface area contributed by atoms with Crippen molar-refractivity contribution in [2.45, 2.75) is 12.5 Å². The van der Waals surface area contributed by atoms with Gasteiger partial charge in [-0.1, -0.05) is 0 Å². The quantitative estimate of drug-likeness (QED) is 0.740. The van der Waals surface area contributed by atoms with Gasteiger partial charge in [0, 0.05) is 57.4 Å². The van der Waals surface area contributed by atoms with Gasteiger partial charge in [-0.05, 0) is 12.5 Å². The summed E-state index contributed by atoms with van der Waals surface area (Å²) < 4.78 is 3.37. The van der Waals surface area contributed by atoms with Crippen LogP contribution < -0.4 is 10.2 Å². The minimum Gasteiger partial charge on any atom is -0.347 e. The molecule has 1 aliphatic heterocycles. The minimum atomic E-state index is -0.102. The predicted octanol–water partition coefficient (Wildman–Crippen LogP) is 0.619. The molecule has 3 aromatic rings. The van der Waals surface area contributed by atoms with Crippen molar-refractivity contribution in [3.8, 4) is 11.3 Å². The van der Waals surface area contributed by atoms with E-state index >= 15 is 0 Å². The molecule has 0 bridgehead atoms. The van der Waals surface area contributed by atoms with E-state index in [2.05, 4.69) is 30.4 Å². The molecule has 0 spiro atoms. The second-order valence-corrected chi connectivity index (χ2v) is 6.45. The molecule has 1 N–H and O–H groups in total. The topological polar surface area (TPSA) is 93.8 Å². The lowest BCUT2D eigenvalue weighted by Crippen LogP contribution is -2.37. The van der Waals surface area contributed by atoms with Crippen LogP contribution in [0.4, 0.5) is 5.95 Å². The Bertz CT molecular complexity index is 930. The van der Waals surface area contributed by atoms with Crippen LogP contribution in [0.15, 0.2) is 37.1 Å². The number of aromatic nitrogens is 6. The highest BCUT2D eigenvalue weighted by Gasteiger charge is 2.26. The number of nitrogens with zero attached hydrogens (tertiary/aromatic N) is 7. The predicted molar refractivity (Wildman–Crippen MR) is 95.5 cm³/mol. The summed E-state index contributed by atoms with van der Waals surface area (Å²) in [6.07, 6.45) is 9.60. The van der Waals surface area contributed by atoms with Gasteiger partial charge in [-0.2, -0.15) is 10.2 Å². The van der Waals surface area contributed by atoms with Crippen LogP contribution in [0.1, 0.15) is 16.8 Å². The minimum absolute atomic E-state index is 0.0633. The lowest BCUT2D eigenvalue weighted by Gasteiger charge is -2.17. The standard InChI is InChI=1S/C17H20N8O/c1-23-9-12(7-19-23)15-3-5-18-17(22-15)25-6-4-14(11-25)21-16(26)13-8-20-24(2)10-13/h3,5,7-10,14H,4,6,11H2,1-2H3,(H,21,26). The third kappa shape index (κ3) is 3.28. The van der Waals surface area contributed by atoms with Crippen LogP contribution in [0.3, 0.4) is 0 Å². The Morgan fingerprint density at radius 1 is 1.19 bits per heavy atom. The number of aryl methyl sites for hydroxylation is 2. The van der Waals surface area contributed by atoms with Crippen LogP contribution in [-0.4, -0.2) is 54.6 Å². The molecule has 9 heteroatoms. The maximum Gasteiger partial charge on any atom is 0.254 e. The first-order chi connectivity index (χ1) is 12.6. The van der Waals surface area contributed by atoms with Gasteiger partial charge in [0.25, 0.3) is 5.91 Å². The van der Waals surface area contributed by atoms with Crippen LogP contribution >= 0.6 is 0 Å². The molecule has 1 amide bonds. The van der Waals surface area contributed by atoms with Crippen molar-refractivity contribution in [3.05, 3.63) is 42.6 Å². The Kier molecular flexibility index (Phi) is 4.11. The summed E-state index contributed by atoms with van der Waals surface area (Å²) in [4.78, 5) is 23.4. The van der Waals surface area contributed by atoms with Crippen LogP contribution in [0.5, 0.6) is 0 Å². The fourth-order valence-electron chi connectivity index (χ4n) is 3.08. The van der Waals surface area contributed by atoms with Gasteiger partial charge >= 0.3 is 0 Å². The number of nitrogens with one attached hydrogen (secondary N) is 1. The molecule has 0 saturated carbocycles. The van der Waals surface area contributed by atoms with Crippen molar-refractivity contribution in [2.24, 2.45) is 14.1 Å². The fraction of sp³-hybridized carbons (Fsp3) is 0.353. The maximum absolute atomic E-state index is 12.3. The van der Waals surface area contributed by atoms with E-state index in [9.17, 15) is 4.79 Å². The van der Waals surface area contributed by atoms with Gasteiger partial charge in [-0.3, -0.25) is 14.2 Å². The van der Waals surface area contributed by atoms with Gasteiger partial charge in [-0.25, -0.2) is 9.97 Å². The molecule has 0 radical (unpaired) electrons. The average molecular weight is 352 g/mol. The molecule has 4 rings (SSSR count). The first-order valence-corrected chi connectivity index (χ1v) is 8.45. The average Bonchev–Trinajstić information content (AvgIpc) is 3.36. The molecule has 1 fully saturated rings. The van der Waals surface area contributed by atoms with Gasteiger partial charge in [0.05, 0.1) is 23.7 Å². The van der Waals surface area contributed by atoms with Gasteiger partial charge in [0.2, 0.25) is 5.95 Å². The van der Waals surface area contributed by atoms with E-state index in [0.717, 1.165) is 24.2 Å². The molecule has 1 unspecified atom stereocenters. The second-order valence-electron chi connectivity index (χ2n) is 6.45. The zero-order chi connectivity index (χ0) is 18.1. The first-order valence-electron chi connectivity index (χ1n) is 8.45. The first kappa shape index (κ1) is 16.2. The summed E-state index contributed by atoms with van der Waals surface area (Å²) in [6.45, 7) is 1.48. The molecule has 1 saturated heterocycles. The molecule has 1 aliphatic rings. The Balaban J connectivity index is 1.43. The highest BCUT2D eigenvalue weighted by atomic mass is 16.1. The second kappa shape index (κ2) is 6.58. The number of anilines is 1. The Labute approximate surface area is 150 Å². The lowest BCUT2D eigenvalue weighted by atomic mass is 10.2. The summed E-state index contributed by atoms with van der Waals surface area (Å²) in [6, 6.07) is 1.94. The van der Waals surface area contributed by atoms with E-state index in [1.54, 1.807) is 41.2 Å².